The number of para-hydroxylation sites is 2. The topological polar surface area (TPSA) is 16.4 Å². The summed E-state index contributed by atoms with van der Waals surface area (Å²) in [7, 11) is 0. The molecule has 2 nitrogen and oxygen atoms in total. The number of furan rings is 1. The van der Waals surface area contributed by atoms with Gasteiger partial charge in [-0.15, -0.1) is 0 Å². The molecule has 0 saturated carbocycles. The van der Waals surface area contributed by atoms with Gasteiger partial charge in [-0.05, 0) is 103 Å². The van der Waals surface area contributed by atoms with Crippen molar-refractivity contribution in [3.63, 3.8) is 0 Å². The minimum atomic E-state index is -0.632. The number of nitrogens with zero attached hydrogens (tertiary/aromatic N) is 1. The van der Waals surface area contributed by atoms with E-state index in [4.69, 9.17) is 4.42 Å². The maximum Gasteiger partial charge on any atom is 0.138 e. The summed E-state index contributed by atoms with van der Waals surface area (Å²) in [4.78, 5) is 2.49. The Hall–Kier alpha value is -8.20. The standard InChI is InChI=1S/C61H41NO/c1-4-20-42(21-5-1)45-40-57(60-52-30-14-19-35-58(52)63-59(60)41-45)62(47-38-36-44(37-39-47)49-27-11-10-26-48(49)43-22-6-2-7-23-43)56-34-18-17-33-55(56)61(46-24-8-3-9-25-46)53-31-15-12-28-50(53)51-29-13-16-32-54(51)61/h1-41H. The lowest BCUT2D eigenvalue weighted by molar-refractivity contribution is 0.669. The second-order valence-corrected chi connectivity index (χ2v) is 16.4. The normalized spacial score (nSPS) is 12.6. The van der Waals surface area contributed by atoms with E-state index in [1.807, 2.05) is 0 Å². The molecule has 0 amide bonds. The number of fused-ring (bicyclic) bond motifs is 6. The van der Waals surface area contributed by atoms with Crippen molar-refractivity contribution in [2.24, 2.45) is 0 Å². The fourth-order valence-corrected chi connectivity index (χ4v) is 10.3. The molecule has 0 fully saturated rings. The highest BCUT2D eigenvalue weighted by atomic mass is 16.3. The third kappa shape index (κ3) is 5.87. The molecule has 1 aliphatic rings. The van der Waals surface area contributed by atoms with E-state index in [1.54, 1.807) is 0 Å². The Morgan fingerprint density at radius 3 is 1.46 bits per heavy atom. The molecule has 63 heavy (non-hydrogen) atoms. The predicted octanol–water partition coefficient (Wildman–Crippen LogP) is 16.4. The average Bonchev–Trinajstić information content (AvgIpc) is 3.89. The van der Waals surface area contributed by atoms with Gasteiger partial charge >= 0.3 is 0 Å². The summed E-state index contributed by atoms with van der Waals surface area (Å²) in [6.45, 7) is 0. The van der Waals surface area contributed by atoms with Gasteiger partial charge < -0.3 is 9.32 Å². The van der Waals surface area contributed by atoms with Crippen molar-refractivity contribution in [3.05, 3.63) is 271 Å². The van der Waals surface area contributed by atoms with Crippen LogP contribution in [-0.4, -0.2) is 0 Å². The van der Waals surface area contributed by atoms with Gasteiger partial charge in [0.1, 0.15) is 11.2 Å². The molecule has 11 aromatic rings. The van der Waals surface area contributed by atoms with E-state index in [-0.39, 0.29) is 0 Å². The molecule has 0 bridgehead atoms. The third-order valence-corrected chi connectivity index (χ3v) is 13.0. The summed E-state index contributed by atoms with van der Waals surface area (Å²) in [6.07, 6.45) is 0. The molecule has 0 unspecified atom stereocenters. The van der Waals surface area contributed by atoms with Crippen molar-refractivity contribution in [1.29, 1.82) is 0 Å². The molecule has 1 aromatic heterocycles. The molecule has 0 radical (unpaired) electrons. The molecule has 10 aromatic carbocycles. The molecule has 1 heterocycles. The molecule has 0 N–H and O–H groups in total. The highest BCUT2D eigenvalue weighted by molar-refractivity contribution is 6.15. The number of benzene rings is 10. The lowest BCUT2D eigenvalue weighted by Crippen LogP contribution is -2.30. The summed E-state index contributed by atoms with van der Waals surface area (Å²) in [5.41, 5.74) is 18.7. The first kappa shape index (κ1) is 36.6. The Labute approximate surface area is 367 Å². The Kier molecular flexibility index (Phi) is 8.76. The number of hydrogen-bond acceptors (Lipinski definition) is 2. The highest BCUT2D eigenvalue weighted by Gasteiger charge is 2.47. The van der Waals surface area contributed by atoms with E-state index >= 15 is 0 Å². The molecule has 0 atom stereocenters. The van der Waals surface area contributed by atoms with Crippen molar-refractivity contribution >= 4 is 39.0 Å². The Morgan fingerprint density at radius 1 is 0.317 bits per heavy atom. The smallest absolute Gasteiger partial charge is 0.138 e. The van der Waals surface area contributed by atoms with Crippen molar-refractivity contribution < 1.29 is 4.42 Å². The van der Waals surface area contributed by atoms with Crippen LogP contribution in [0.15, 0.2) is 253 Å². The van der Waals surface area contributed by atoms with Crippen LogP contribution in [-0.2, 0) is 5.41 Å². The van der Waals surface area contributed by atoms with E-state index in [0.717, 1.165) is 55.7 Å². The van der Waals surface area contributed by atoms with Gasteiger partial charge in [0.2, 0.25) is 0 Å². The molecule has 0 spiro atoms. The summed E-state index contributed by atoms with van der Waals surface area (Å²) in [5, 5.41) is 2.15. The van der Waals surface area contributed by atoms with E-state index < -0.39 is 5.41 Å². The van der Waals surface area contributed by atoms with Crippen LogP contribution in [0.3, 0.4) is 0 Å². The Morgan fingerprint density at radius 2 is 0.810 bits per heavy atom. The first-order valence-corrected chi connectivity index (χ1v) is 21.7. The molecule has 12 rings (SSSR count). The zero-order valence-corrected chi connectivity index (χ0v) is 34.5. The van der Waals surface area contributed by atoms with Crippen LogP contribution < -0.4 is 4.90 Å². The molecule has 0 saturated heterocycles. The van der Waals surface area contributed by atoms with Gasteiger partial charge in [-0.3, -0.25) is 0 Å². The van der Waals surface area contributed by atoms with Crippen LogP contribution in [0.25, 0.3) is 66.4 Å². The fourth-order valence-electron chi connectivity index (χ4n) is 10.3. The molecule has 296 valence electrons. The number of hydrogen-bond donors (Lipinski definition) is 0. The van der Waals surface area contributed by atoms with Crippen LogP contribution in [0.5, 0.6) is 0 Å². The van der Waals surface area contributed by atoms with Crippen LogP contribution in [0, 0.1) is 0 Å². The minimum absolute atomic E-state index is 0.632. The van der Waals surface area contributed by atoms with E-state index in [2.05, 4.69) is 254 Å². The van der Waals surface area contributed by atoms with Gasteiger partial charge in [-0.25, -0.2) is 0 Å². The minimum Gasteiger partial charge on any atom is -0.456 e. The third-order valence-electron chi connectivity index (χ3n) is 13.0. The van der Waals surface area contributed by atoms with Gasteiger partial charge in [0, 0.05) is 11.1 Å². The first-order chi connectivity index (χ1) is 31.3. The SMILES string of the molecule is c1ccc(-c2cc(N(c3ccc(-c4ccccc4-c4ccccc4)cc3)c3ccccc3C3(c4ccccc4)c4ccccc4-c4ccccc43)c3c(c2)oc2ccccc23)cc1. The van der Waals surface area contributed by atoms with Crippen molar-refractivity contribution in [2.75, 3.05) is 4.90 Å². The highest BCUT2D eigenvalue weighted by Crippen LogP contribution is 2.59. The van der Waals surface area contributed by atoms with Gasteiger partial charge in [0.05, 0.1) is 22.2 Å². The average molecular weight is 804 g/mol. The van der Waals surface area contributed by atoms with E-state index in [0.29, 0.717) is 0 Å². The van der Waals surface area contributed by atoms with Gasteiger partial charge in [0.15, 0.2) is 0 Å². The monoisotopic (exact) mass is 803 g/mol. The number of rotatable bonds is 8. The molecule has 2 heteroatoms. The largest absolute Gasteiger partial charge is 0.456 e. The maximum atomic E-state index is 6.79. The lowest BCUT2D eigenvalue weighted by atomic mass is 9.67. The van der Waals surface area contributed by atoms with Gasteiger partial charge in [-0.1, -0.05) is 212 Å². The Bertz CT molecular complexity index is 3400. The molecule has 0 aliphatic heterocycles. The molecule has 1 aliphatic carbocycles. The van der Waals surface area contributed by atoms with Crippen LogP contribution >= 0.6 is 0 Å². The maximum absolute atomic E-state index is 6.79. The molecular weight excluding hydrogens is 763 g/mol. The fraction of sp³-hybridized carbons (Fsp3) is 0.0164. The zero-order chi connectivity index (χ0) is 41.7. The van der Waals surface area contributed by atoms with Crippen molar-refractivity contribution in [1.82, 2.24) is 0 Å². The van der Waals surface area contributed by atoms with Crippen LogP contribution in [0.4, 0.5) is 17.1 Å². The second kappa shape index (κ2) is 15.1. The van der Waals surface area contributed by atoms with Crippen molar-refractivity contribution in [2.45, 2.75) is 5.41 Å². The first-order valence-electron chi connectivity index (χ1n) is 21.7. The lowest BCUT2D eigenvalue weighted by Gasteiger charge is -2.38. The summed E-state index contributed by atoms with van der Waals surface area (Å²) in [5.74, 6) is 0. The van der Waals surface area contributed by atoms with Gasteiger partial charge in [-0.2, -0.15) is 0 Å². The molecular formula is C61H41NO. The zero-order valence-electron chi connectivity index (χ0n) is 34.5. The van der Waals surface area contributed by atoms with Crippen LogP contribution in [0.1, 0.15) is 22.3 Å². The number of anilines is 3. The summed E-state index contributed by atoms with van der Waals surface area (Å²) in [6, 6.07) is 90.3. The van der Waals surface area contributed by atoms with Crippen LogP contribution in [0.2, 0.25) is 0 Å². The Balaban J connectivity index is 1.17. The summed E-state index contributed by atoms with van der Waals surface area (Å²) >= 11 is 0. The summed E-state index contributed by atoms with van der Waals surface area (Å²) < 4.78 is 6.79. The quantitative estimate of drug-likeness (QED) is 0.152. The second-order valence-electron chi connectivity index (χ2n) is 16.4. The van der Waals surface area contributed by atoms with Gasteiger partial charge in [0.25, 0.3) is 0 Å². The van der Waals surface area contributed by atoms with Crippen molar-refractivity contribution in [3.8, 4) is 44.5 Å². The van der Waals surface area contributed by atoms with E-state index in [9.17, 15) is 0 Å². The van der Waals surface area contributed by atoms with E-state index in [1.165, 1.54) is 50.1 Å². The predicted molar refractivity (Wildman–Crippen MR) is 262 cm³/mol.